The number of guanidine groups is 1. The van der Waals surface area contributed by atoms with Gasteiger partial charge in [-0.25, -0.2) is 17.5 Å². The zero-order chi connectivity index (χ0) is 20.0. The van der Waals surface area contributed by atoms with Crippen molar-refractivity contribution >= 4 is 40.0 Å². The lowest BCUT2D eigenvalue weighted by molar-refractivity contribution is 0.559. The van der Waals surface area contributed by atoms with Gasteiger partial charge in [-0.3, -0.25) is 9.98 Å². The van der Waals surface area contributed by atoms with Crippen molar-refractivity contribution in [2.45, 2.75) is 23.2 Å². The smallest absolute Gasteiger partial charge is 0.242 e. The van der Waals surface area contributed by atoms with Gasteiger partial charge in [-0.2, -0.15) is 0 Å². The molecule has 1 aromatic heterocycles. The van der Waals surface area contributed by atoms with E-state index in [4.69, 9.17) is 0 Å². The van der Waals surface area contributed by atoms with Crippen LogP contribution in [-0.4, -0.2) is 46.0 Å². The van der Waals surface area contributed by atoms with Crippen LogP contribution in [-0.2, 0) is 15.4 Å². The zero-order valence-corrected chi connectivity index (χ0v) is 19.2. The summed E-state index contributed by atoms with van der Waals surface area (Å²) in [6.45, 7) is 1.11. The Kier molecular flexibility index (Phi) is 8.34. The summed E-state index contributed by atoms with van der Waals surface area (Å²) >= 11 is 0. The molecule has 7 nitrogen and oxygen atoms in total. The SMILES string of the molecule is CN=C(NCCNS(=O)(=O)c1cccnc1)NCC1(c2ccccc2F)CC1.I. The maximum atomic E-state index is 14.1. The molecule has 0 saturated heterocycles. The van der Waals surface area contributed by atoms with Crippen molar-refractivity contribution in [3.63, 3.8) is 0 Å². The van der Waals surface area contributed by atoms with Crippen molar-refractivity contribution in [1.82, 2.24) is 20.3 Å². The number of sulfonamides is 1. The fraction of sp³-hybridized carbons (Fsp3) is 0.368. The third-order valence-electron chi connectivity index (χ3n) is 4.77. The molecule has 1 heterocycles. The molecule has 10 heteroatoms. The summed E-state index contributed by atoms with van der Waals surface area (Å²) < 4.78 is 40.9. The Bertz CT molecular complexity index is 937. The van der Waals surface area contributed by atoms with Gasteiger partial charge in [0.15, 0.2) is 5.96 Å². The molecule has 1 fully saturated rings. The van der Waals surface area contributed by atoms with E-state index in [1.165, 1.54) is 24.5 Å². The lowest BCUT2D eigenvalue weighted by Gasteiger charge is -2.19. The Labute approximate surface area is 187 Å². The first-order valence-electron chi connectivity index (χ1n) is 9.06. The van der Waals surface area contributed by atoms with Crippen LogP contribution in [0.3, 0.4) is 0 Å². The molecule has 2 aromatic rings. The number of nitrogens with zero attached hydrogens (tertiary/aromatic N) is 2. The highest BCUT2D eigenvalue weighted by Gasteiger charge is 2.45. The van der Waals surface area contributed by atoms with Crippen LogP contribution in [0.5, 0.6) is 0 Å². The molecule has 1 aromatic carbocycles. The molecule has 0 radical (unpaired) electrons. The first-order valence-corrected chi connectivity index (χ1v) is 10.5. The summed E-state index contributed by atoms with van der Waals surface area (Å²) in [4.78, 5) is 8.08. The van der Waals surface area contributed by atoms with Crippen molar-refractivity contribution in [1.29, 1.82) is 0 Å². The average Bonchev–Trinajstić information content (AvgIpc) is 3.49. The van der Waals surface area contributed by atoms with Gasteiger partial charge in [0.05, 0.1) is 0 Å². The third-order valence-corrected chi connectivity index (χ3v) is 6.22. The second-order valence-electron chi connectivity index (χ2n) is 6.70. The average molecular weight is 533 g/mol. The standard InChI is InChI=1S/C19H24FN5O2S.HI/c1-21-18(23-11-12-25-28(26,27)15-5-4-10-22-13-15)24-14-19(8-9-19)16-6-2-3-7-17(16)20;/h2-7,10,13,25H,8-9,11-12,14H2,1H3,(H2,21,23,24);1H. The molecular formula is C19H25FIN5O2S. The predicted molar refractivity (Wildman–Crippen MR) is 122 cm³/mol. The molecule has 0 amide bonds. The maximum absolute atomic E-state index is 14.1. The molecule has 1 aliphatic carbocycles. The van der Waals surface area contributed by atoms with Crippen LogP contribution in [0.2, 0.25) is 0 Å². The molecule has 29 heavy (non-hydrogen) atoms. The number of pyridine rings is 1. The second kappa shape index (κ2) is 10.3. The van der Waals surface area contributed by atoms with Crippen LogP contribution in [0.1, 0.15) is 18.4 Å². The van der Waals surface area contributed by atoms with E-state index in [1.807, 2.05) is 12.1 Å². The molecule has 3 N–H and O–H groups in total. The molecule has 0 bridgehead atoms. The lowest BCUT2D eigenvalue weighted by Crippen LogP contribution is -2.44. The highest BCUT2D eigenvalue weighted by molar-refractivity contribution is 14.0. The number of benzene rings is 1. The van der Waals surface area contributed by atoms with Gasteiger partial charge in [-0.1, -0.05) is 18.2 Å². The molecule has 0 atom stereocenters. The van der Waals surface area contributed by atoms with E-state index < -0.39 is 10.0 Å². The number of halogens is 2. The van der Waals surface area contributed by atoms with Crippen LogP contribution >= 0.6 is 24.0 Å². The van der Waals surface area contributed by atoms with Gasteiger partial charge < -0.3 is 10.6 Å². The van der Waals surface area contributed by atoms with Gasteiger partial charge in [0.1, 0.15) is 10.7 Å². The summed E-state index contributed by atoms with van der Waals surface area (Å²) in [5, 5.41) is 6.27. The summed E-state index contributed by atoms with van der Waals surface area (Å²) in [5.74, 6) is 0.359. The van der Waals surface area contributed by atoms with Crippen molar-refractivity contribution in [3.8, 4) is 0 Å². The Hall–Kier alpha value is -1.79. The van der Waals surface area contributed by atoms with Crippen LogP contribution in [0.25, 0.3) is 0 Å². The number of hydrogen-bond donors (Lipinski definition) is 3. The molecule has 3 rings (SSSR count). The zero-order valence-electron chi connectivity index (χ0n) is 16.1. The summed E-state index contributed by atoms with van der Waals surface area (Å²) in [7, 11) is -1.95. The van der Waals surface area contributed by atoms with E-state index in [-0.39, 0.29) is 46.6 Å². The Morgan fingerprint density at radius 1 is 1.17 bits per heavy atom. The van der Waals surface area contributed by atoms with E-state index >= 15 is 0 Å². The number of rotatable bonds is 8. The quantitative estimate of drug-likeness (QED) is 0.209. The third kappa shape index (κ3) is 6.09. The first kappa shape index (κ1) is 23.5. The predicted octanol–water partition coefficient (Wildman–Crippen LogP) is 2.01. The van der Waals surface area contributed by atoms with Crippen molar-refractivity contribution < 1.29 is 12.8 Å². The van der Waals surface area contributed by atoms with Gasteiger partial charge in [-0.05, 0) is 36.6 Å². The summed E-state index contributed by atoms with van der Waals surface area (Å²) in [6, 6.07) is 9.91. The topological polar surface area (TPSA) is 95.5 Å². The van der Waals surface area contributed by atoms with E-state index in [0.29, 0.717) is 19.0 Å². The largest absolute Gasteiger partial charge is 0.356 e. The monoisotopic (exact) mass is 533 g/mol. The van der Waals surface area contributed by atoms with Crippen LogP contribution in [0.15, 0.2) is 58.7 Å². The highest BCUT2D eigenvalue weighted by Crippen LogP contribution is 2.48. The molecule has 0 spiro atoms. The normalized spacial score (nSPS) is 15.3. The van der Waals surface area contributed by atoms with Gasteiger partial charge in [-0.15, -0.1) is 24.0 Å². The van der Waals surface area contributed by atoms with E-state index in [9.17, 15) is 12.8 Å². The molecule has 1 aliphatic rings. The maximum Gasteiger partial charge on any atom is 0.242 e. The first-order chi connectivity index (χ1) is 13.5. The molecule has 0 unspecified atom stereocenters. The molecule has 0 aliphatic heterocycles. The van der Waals surface area contributed by atoms with Crippen LogP contribution in [0.4, 0.5) is 4.39 Å². The van der Waals surface area contributed by atoms with Gasteiger partial charge in [0.25, 0.3) is 0 Å². The minimum absolute atomic E-state index is 0. The van der Waals surface area contributed by atoms with Crippen LogP contribution in [0, 0.1) is 5.82 Å². The van der Waals surface area contributed by atoms with Crippen LogP contribution < -0.4 is 15.4 Å². The van der Waals surface area contributed by atoms with E-state index in [0.717, 1.165) is 18.4 Å². The number of aromatic nitrogens is 1. The number of hydrogen-bond acceptors (Lipinski definition) is 4. The summed E-state index contributed by atoms with van der Waals surface area (Å²) in [5.41, 5.74) is 0.521. The molecule has 158 valence electrons. The Morgan fingerprint density at radius 2 is 1.93 bits per heavy atom. The van der Waals surface area contributed by atoms with Crippen molar-refractivity contribution in [3.05, 3.63) is 60.2 Å². The Morgan fingerprint density at radius 3 is 2.55 bits per heavy atom. The van der Waals surface area contributed by atoms with E-state index in [2.05, 4.69) is 25.3 Å². The molecular weight excluding hydrogens is 508 g/mol. The number of nitrogens with one attached hydrogen (secondary N) is 3. The summed E-state index contributed by atoms with van der Waals surface area (Å²) in [6.07, 6.45) is 4.66. The van der Waals surface area contributed by atoms with E-state index in [1.54, 1.807) is 19.2 Å². The second-order valence-corrected chi connectivity index (χ2v) is 8.47. The van der Waals surface area contributed by atoms with Crippen molar-refractivity contribution in [2.75, 3.05) is 26.7 Å². The minimum Gasteiger partial charge on any atom is -0.356 e. The number of aliphatic imine (C=N–C) groups is 1. The fourth-order valence-corrected chi connectivity index (χ4v) is 4.01. The van der Waals surface area contributed by atoms with Gasteiger partial charge in [0.2, 0.25) is 10.0 Å². The Balaban J connectivity index is 0.00000300. The van der Waals surface area contributed by atoms with Gasteiger partial charge >= 0.3 is 0 Å². The van der Waals surface area contributed by atoms with Gasteiger partial charge in [0, 0.05) is 44.5 Å². The lowest BCUT2D eigenvalue weighted by atomic mass is 9.95. The van der Waals surface area contributed by atoms with Crippen molar-refractivity contribution in [2.24, 2.45) is 4.99 Å². The molecule has 1 saturated carbocycles. The highest BCUT2D eigenvalue weighted by atomic mass is 127. The minimum atomic E-state index is -3.59. The fourth-order valence-electron chi connectivity index (χ4n) is 3.01.